The summed E-state index contributed by atoms with van der Waals surface area (Å²) in [7, 11) is 0. The van der Waals surface area contributed by atoms with Crippen molar-refractivity contribution in [3.05, 3.63) is 35.9 Å². The predicted molar refractivity (Wildman–Crippen MR) is 78.9 cm³/mol. The molecule has 1 rings (SSSR count). The van der Waals surface area contributed by atoms with Crippen LogP contribution in [0, 0.1) is 0 Å². The van der Waals surface area contributed by atoms with Crippen LogP contribution >= 0.6 is 0 Å². The summed E-state index contributed by atoms with van der Waals surface area (Å²) in [6.45, 7) is 4.25. The fourth-order valence-electron chi connectivity index (χ4n) is 1.67. The highest BCUT2D eigenvalue weighted by Gasteiger charge is 2.15. The van der Waals surface area contributed by atoms with Gasteiger partial charge in [-0.1, -0.05) is 37.3 Å². The SMILES string of the molecule is CCC(C)NC(=O)CCNC(=O)[C@H](N)c1ccccc1. The Bertz CT molecular complexity index is 434. The average molecular weight is 277 g/mol. The first-order valence-electron chi connectivity index (χ1n) is 6.92. The molecule has 0 bridgehead atoms. The van der Waals surface area contributed by atoms with E-state index in [1.165, 1.54) is 0 Å². The largest absolute Gasteiger partial charge is 0.354 e. The van der Waals surface area contributed by atoms with Crippen LogP contribution in [0.1, 0.15) is 38.3 Å². The standard InChI is InChI=1S/C15H23N3O2/c1-3-11(2)18-13(19)9-10-17-15(20)14(16)12-7-5-4-6-8-12/h4-8,11,14H,3,9-10,16H2,1-2H3,(H,17,20)(H,18,19)/t11?,14-/m1/s1. The first-order valence-corrected chi connectivity index (χ1v) is 6.92. The molecule has 0 heterocycles. The molecule has 1 unspecified atom stereocenters. The second kappa shape index (κ2) is 8.32. The smallest absolute Gasteiger partial charge is 0.241 e. The molecule has 0 saturated carbocycles. The van der Waals surface area contributed by atoms with Crippen molar-refractivity contribution in [2.75, 3.05) is 6.54 Å². The van der Waals surface area contributed by atoms with Gasteiger partial charge in [0.05, 0.1) is 0 Å². The number of amides is 2. The molecular weight excluding hydrogens is 254 g/mol. The number of carbonyl (C=O) groups excluding carboxylic acids is 2. The molecule has 2 atom stereocenters. The maximum Gasteiger partial charge on any atom is 0.241 e. The Hall–Kier alpha value is -1.88. The zero-order chi connectivity index (χ0) is 15.0. The molecule has 0 saturated heterocycles. The van der Waals surface area contributed by atoms with Crippen LogP contribution in [0.3, 0.4) is 0 Å². The number of nitrogens with two attached hydrogens (primary N) is 1. The van der Waals surface area contributed by atoms with Gasteiger partial charge in [0.15, 0.2) is 0 Å². The number of rotatable bonds is 7. The molecule has 0 radical (unpaired) electrons. The maximum atomic E-state index is 11.8. The minimum Gasteiger partial charge on any atom is -0.354 e. The summed E-state index contributed by atoms with van der Waals surface area (Å²) in [5, 5.41) is 5.52. The predicted octanol–water partition coefficient (Wildman–Crippen LogP) is 1.11. The quantitative estimate of drug-likeness (QED) is 0.698. The Labute approximate surface area is 119 Å². The van der Waals surface area contributed by atoms with Gasteiger partial charge >= 0.3 is 0 Å². The Morgan fingerprint density at radius 1 is 1.25 bits per heavy atom. The van der Waals surface area contributed by atoms with Crippen molar-refractivity contribution in [2.24, 2.45) is 5.73 Å². The lowest BCUT2D eigenvalue weighted by atomic mass is 10.1. The van der Waals surface area contributed by atoms with Crippen LogP contribution in [-0.2, 0) is 9.59 Å². The Morgan fingerprint density at radius 2 is 1.90 bits per heavy atom. The van der Waals surface area contributed by atoms with E-state index in [2.05, 4.69) is 10.6 Å². The summed E-state index contributed by atoms with van der Waals surface area (Å²) in [5.74, 6) is -0.333. The molecule has 0 spiro atoms. The summed E-state index contributed by atoms with van der Waals surface area (Å²) < 4.78 is 0. The summed E-state index contributed by atoms with van der Waals surface area (Å²) in [5.41, 5.74) is 6.60. The Kier molecular flexibility index (Phi) is 6.73. The van der Waals surface area contributed by atoms with E-state index in [0.717, 1.165) is 12.0 Å². The normalized spacial score (nSPS) is 13.3. The zero-order valence-electron chi connectivity index (χ0n) is 12.1. The van der Waals surface area contributed by atoms with Gasteiger partial charge in [0.2, 0.25) is 11.8 Å². The van der Waals surface area contributed by atoms with Crippen LogP contribution in [0.5, 0.6) is 0 Å². The van der Waals surface area contributed by atoms with Crippen LogP contribution < -0.4 is 16.4 Å². The van der Waals surface area contributed by atoms with Gasteiger partial charge in [-0.05, 0) is 18.9 Å². The molecule has 4 N–H and O–H groups in total. The van der Waals surface area contributed by atoms with Crippen molar-refractivity contribution >= 4 is 11.8 Å². The highest BCUT2D eigenvalue weighted by atomic mass is 16.2. The van der Waals surface area contributed by atoms with Gasteiger partial charge in [-0.3, -0.25) is 9.59 Å². The van der Waals surface area contributed by atoms with Gasteiger partial charge in [-0.2, -0.15) is 0 Å². The molecule has 0 aromatic heterocycles. The van der Waals surface area contributed by atoms with Gasteiger partial charge in [0.1, 0.15) is 6.04 Å². The second-order valence-electron chi connectivity index (χ2n) is 4.81. The van der Waals surface area contributed by atoms with Crippen LogP contribution in [-0.4, -0.2) is 24.4 Å². The van der Waals surface area contributed by atoms with Crippen molar-refractivity contribution in [1.29, 1.82) is 0 Å². The molecule has 110 valence electrons. The van der Waals surface area contributed by atoms with E-state index < -0.39 is 6.04 Å². The molecule has 2 amide bonds. The van der Waals surface area contributed by atoms with Crippen LogP contribution in [0.15, 0.2) is 30.3 Å². The van der Waals surface area contributed by atoms with Gasteiger partial charge in [-0.15, -0.1) is 0 Å². The summed E-state index contributed by atoms with van der Waals surface area (Å²) in [6, 6.07) is 8.61. The van der Waals surface area contributed by atoms with Gasteiger partial charge < -0.3 is 16.4 Å². The summed E-state index contributed by atoms with van der Waals surface area (Å²) in [6.07, 6.45) is 1.15. The number of nitrogens with one attached hydrogen (secondary N) is 2. The molecule has 0 fully saturated rings. The number of hydrogen-bond acceptors (Lipinski definition) is 3. The maximum absolute atomic E-state index is 11.8. The Balaban J connectivity index is 2.31. The summed E-state index contributed by atoms with van der Waals surface area (Å²) in [4.78, 5) is 23.4. The van der Waals surface area contributed by atoms with Gasteiger partial charge in [0.25, 0.3) is 0 Å². The van der Waals surface area contributed by atoms with Crippen LogP contribution in [0.4, 0.5) is 0 Å². The minimum atomic E-state index is -0.700. The number of carbonyl (C=O) groups is 2. The molecule has 1 aromatic rings. The third-order valence-corrected chi connectivity index (χ3v) is 3.11. The van der Waals surface area contributed by atoms with E-state index in [9.17, 15) is 9.59 Å². The van der Waals surface area contributed by atoms with Crippen molar-refractivity contribution in [2.45, 2.75) is 38.8 Å². The molecule has 0 aliphatic heterocycles. The third-order valence-electron chi connectivity index (χ3n) is 3.11. The van der Waals surface area contributed by atoms with Crippen LogP contribution in [0.2, 0.25) is 0 Å². The first kappa shape index (κ1) is 16.2. The minimum absolute atomic E-state index is 0.0621. The lowest BCUT2D eigenvalue weighted by Crippen LogP contribution is -2.38. The monoisotopic (exact) mass is 277 g/mol. The van der Waals surface area contributed by atoms with E-state index in [-0.39, 0.29) is 24.3 Å². The first-order chi connectivity index (χ1) is 9.54. The second-order valence-corrected chi connectivity index (χ2v) is 4.81. The topological polar surface area (TPSA) is 84.2 Å². The number of benzene rings is 1. The molecule has 1 aromatic carbocycles. The van der Waals surface area contributed by atoms with E-state index in [4.69, 9.17) is 5.73 Å². The average Bonchev–Trinajstić information content (AvgIpc) is 2.47. The molecular formula is C15H23N3O2. The summed E-state index contributed by atoms with van der Waals surface area (Å²) >= 11 is 0. The van der Waals surface area contributed by atoms with E-state index in [1.54, 1.807) is 12.1 Å². The molecule has 0 aliphatic rings. The molecule has 0 aliphatic carbocycles. The van der Waals surface area contributed by atoms with Gasteiger partial charge in [0, 0.05) is 19.0 Å². The molecule has 20 heavy (non-hydrogen) atoms. The fourth-order valence-corrected chi connectivity index (χ4v) is 1.67. The molecule has 5 heteroatoms. The van der Waals surface area contributed by atoms with Crippen LogP contribution in [0.25, 0.3) is 0 Å². The zero-order valence-corrected chi connectivity index (χ0v) is 12.1. The molecule has 5 nitrogen and oxygen atoms in total. The number of hydrogen-bond donors (Lipinski definition) is 3. The van der Waals surface area contributed by atoms with E-state index >= 15 is 0 Å². The Morgan fingerprint density at radius 3 is 2.50 bits per heavy atom. The highest BCUT2D eigenvalue weighted by molar-refractivity contribution is 5.83. The lowest BCUT2D eigenvalue weighted by molar-refractivity contribution is -0.123. The van der Waals surface area contributed by atoms with Crippen molar-refractivity contribution < 1.29 is 9.59 Å². The van der Waals surface area contributed by atoms with Crippen molar-refractivity contribution in [3.63, 3.8) is 0 Å². The fraction of sp³-hybridized carbons (Fsp3) is 0.467. The van der Waals surface area contributed by atoms with Gasteiger partial charge in [-0.25, -0.2) is 0 Å². The third kappa shape index (κ3) is 5.40. The van der Waals surface area contributed by atoms with Crippen molar-refractivity contribution in [1.82, 2.24) is 10.6 Å². The highest BCUT2D eigenvalue weighted by Crippen LogP contribution is 2.08. The van der Waals surface area contributed by atoms with E-state index in [1.807, 2.05) is 32.0 Å². The lowest BCUT2D eigenvalue weighted by Gasteiger charge is -2.14. The van der Waals surface area contributed by atoms with Crippen molar-refractivity contribution in [3.8, 4) is 0 Å². The van der Waals surface area contributed by atoms with E-state index in [0.29, 0.717) is 6.54 Å².